The molecule has 3 rings (SSSR count). The zero-order valence-electron chi connectivity index (χ0n) is 17.3. The molecule has 0 bridgehead atoms. The molecular formula is C24H33F3O2. The number of rotatable bonds is 6. The third kappa shape index (κ3) is 6.48. The number of carbonyl (C=O) groups is 1. The number of esters is 1. The van der Waals surface area contributed by atoms with Crippen molar-refractivity contribution in [2.24, 2.45) is 23.7 Å². The van der Waals surface area contributed by atoms with E-state index in [4.69, 9.17) is 4.74 Å². The predicted molar refractivity (Wildman–Crippen MR) is 108 cm³/mol. The van der Waals surface area contributed by atoms with Crippen LogP contribution in [0.4, 0.5) is 13.2 Å². The molecule has 162 valence electrons. The van der Waals surface area contributed by atoms with Gasteiger partial charge in [0.25, 0.3) is 0 Å². The first kappa shape index (κ1) is 22.2. The van der Waals surface area contributed by atoms with Crippen molar-refractivity contribution in [1.29, 1.82) is 0 Å². The highest BCUT2D eigenvalue weighted by Crippen LogP contribution is 2.42. The molecule has 2 fully saturated rings. The number of benzene rings is 1. The molecule has 0 radical (unpaired) electrons. The Morgan fingerprint density at radius 2 is 1.41 bits per heavy atom. The Bertz CT molecular complexity index is 637. The van der Waals surface area contributed by atoms with E-state index in [2.05, 4.69) is 6.92 Å². The van der Waals surface area contributed by atoms with E-state index in [1.165, 1.54) is 69.9 Å². The maximum Gasteiger partial charge on any atom is 0.416 e. The normalized spacial score (nSPS) is 28.1. The fourth-order valence-corrected chi connectivity index (χ4v) is 5.23. The number of alkyl halides is 3. The van der Waals surface area contributed by atoms with Crippen LogP contribution in [-0.2, 0) is 11.0 Å². The van der Waals surface area contributed by atoms with Crippen molar-refractivity contribution < 1.29 is 22.7 Å². The molecule has 0 saturated heterocycles. The molecule has 1 aromatic rings. The van der Waals surface area contributed by atoms with E-state index in [9.17, 15) is 18.0 Å². The molecule has 0 aromatic heterocycles. The summed E-state index contributed by atoms with van der Waals surface area (Å²) >= 11 is 0. The Balaban J connectivity index is 1.35. The van der Waals surface area contributed by atoms with Crippen LogP contribution < -0.4 is 4.74 Å². The van der Waals surface area contributed by atoms with Gasteiger partial charge < -0.3 is 4.74 Å². The summed E-state index contributed by atoms with van der Waals surface area (Å²) in [7, 11) is 0. The second kappa shape index (κ2) is 9.99. The minimum atomic E-state index is -4.38. The van der Waals surface area contributed by atoms with Gasteiger partial charge in [-0.15, -0.1) is 0 Å². The molecule has 0 aliphatic heterocycles. The van der Waals surface area contributed by atoms with Crippen LogP contribution in [0.1, 0.15) is 83.1 Å². The molecule has 0 spiro atoms. The van der Waals surface area contributed by atoms with Gasteiger partial charge in [-0.3, -0.25) is 4.79 Å². The zero-order valence-corrected chi connectivity index (χ0v) is 17.3. The molecule has 2 aliphatic carbocycles. The van der Waals surface area contributed by atoms with Gasteiger partial charge in [0.15, 0.2) is 0 Å². The molecule has 0 heterocycles. The van der Waals surface area contributed by atoms with Crippen LogP contribution in [0.3, 0.4) is 0 Å². The zero-order chi connectivity index (χ0) is 20.9. The second-order valence-electron chi connectivity index (χ2n) is 9.00. The fraction of sp³-hybridized carbons (Fsp3) is 0.708. The van der Waals surface area contributed by atoms with Gasteiger partial charge in [0.2, 0.25) is 0 Å². The summed E-state index contributed by atoms with van der Waals surface area (Å²) in [6.45, 7) is 2.30. The maximum atomic E-state index is 12.6. The lowest BCUT2D eigenvalue weighted by Crippen LogP contribution is -2.26. The molecule has 0 unspecified atom stereocenters. The van der Waals surface area contributed by atoms with Gasteiger partial charge in [0.05, 0.1) is 5.56 Å². The molecule has 0 atom stereocenters. The van der Waals surface area contributed by atoms with Crippen LogP contribution in [0.2, 0.25) is 0 Å². The van der Waals surface area contributed by atoms with Crippen molar-refractivity contribution in [3.8, 4) is 5.75 Å². The van der Waals surface area contributed by atoms with Gasteiger partial charge in [0.1, 0.15) is 5.75 Å². The van der Waals surface area contributed by atoms with Gasteiger partial charge in [-0.05, 0) is 80.0 Å². The van der Waals surface area contributed by atoms with E-state index in [-0.39, 0.29) is 11.7 Å². The van der Waals surface area contributed by atoms with Crippen LogP contribution in [0, 0.1) is 23.7 Å². The van der Waals surface area contributed by atoms with Crippen molar-refractivity contribution in [1.82, 2.24) is 0 Å². The van der Waals surface area contributed by atoms with Gasteiger partial charge in [0, 0.05) is 6.42 Å². The van der Waals surface area contributed by atoms with Crippen molar-refractivity contribution in [3.05, 3.63) is 29.8 Å². The smallest absolute Gasteiger partial charge is 0.416 e. The maximum absolute atomic E-state index is 12.6. The topological polar surface area (TPSA) is 26.3 Å². The molecular weight excluding hydrogens is 377 g/mol. The minimum absolute atomic E-state index is 0.175. The highest BCUT2D eigenvalue weighted by molar-refractivity contribution is 5.72. The van der Waals surface area contributed by atoms with E-state index < -0.39 is 11.7 Å². The van der Waals surface area contributed by atoms with Crippen LogP contribution in [-0.4, -0.2) is 5.97 Å². The van der Waals surface area contributed by atoms with Gasteiger partial charge >= 0.3 is 12.1 Å². The Morgan fingerprint density at radius 3 is 1.90 bits per heavy atom. The Morgan fingerprint density at radius 1 is 0.897 bits per heavy atom. The van der Waals surface area contributed by atoms with Crippen molar-refractivity contribution >= 4 is 5.97 Å². The third-order valence-corrected chi connectivity index (χ3v) is 7.20. The van der Waals surface area contributed by atoms with Crippen molar-refractivity contribution in [3.63, 3.8) is 0 Å². The van der Waals surface area contributed by atoms with Gasteiger partial charge in [-0.1, -0.05) is 39.0 Å². The summed E-state index contributed by atoms with van der Waals surface area (Å²) < 4.78 is 42.9. The molecule has 1 aromatic carbocycles. The lowest BCUT2D eigenvalue weighted by molar-refractivity contribution is -0.137. The Kier molecular flexibility index (Phi) is 7.64. The van der Waals surface area contributed by atoms with E-state index >= 15 is 0 Å². The fourth-order valence-electron chi connectivity index (χ4n) is 5.23. The van der Waals surface area contributed by atoms with Crippen molar-refractivity contribution in [2.45, 2.75) is 83.7 Å². The van der Waals surface area contributed by atoms with Crippen LogP contribution in [0.15, 0.2) is 24.3 Å². The molecule has 29 heavy (non-hydrogen) atoms. The molecule has 2 aliphatic rings. The van der Waals surface area contributed by atoms with E-state index in [0.29, 0.717) is 12.3 Å². The van der Waals surface area contributed by atoms with Crippen LogP contribution in [0.25, 0.3) is 0 Å². The first-order valence-electron chi connectivity index (χ1n) is 11.2. The first-order valence-corrected chi connectivity index (χ1v) is 11.2. The largest absolute Gasteiger partial charge is 0.427 e. The van der Waals surface area contributed by atoms with Crippen molar-refractivity contribution in [2.75, 3.05) is 0 Å². The quantitative estimate of drug-likeness (QED) is 0.360. The highest BCUT2D eigenvalue weighted by atomic mass is 19.4. The molecule has 2 saturated carbocycles. The minimum Gasteiger partial charge on any atom is -0.427 e. The Labute approximate surface area is 172 Å². The average molecular weight is 411 g/mol. The highest BCUT2D eigenvalue weighted by Gasteiger charge is 2.31. The van der Waals surface area contributed by atoms with E-state index in [1.807, 2.05) is 0 Å². The van der Waals surface area contributed by atoms with Crippen LogP contribution >= 0.6 is 0 Å². The van der Waals surface area contributed by atoms with E-state index in [0.717, 1.165) is 36.3 Å². The molecule has 0 N–H and O–H groups in total. The third-order valence-electron chi connectivity index (χ3n) is 7.20. The SMILES string of the molecule is CCC1CCC(C2CCC(CCC(=O)Oc3ccc(C(F)(F)F)cc3)CC2)CC1. The molecule has 0 amide bonds. The van der Waals surface area contributed by atoms with Gasteiger partial charge in [-0.25, -0.2) is 0 Å². The summed E-state index contributed by atoms with van der Waals surface area (Å²) in [5.74, 6) is 3.10. The standard InChI is InChI=1S/C24H33F3O2/c1-2-17-3-8-19(9-4-17)20-10-5-18(6-11-20)7-16-23(28)29-22-14-12-21(13-15-22)24(25,26)27/h12-15,17-20H,2-11,16H2,1H3. The van der Waals surface area contributed by atoms with Gasteiger partial charge in [-0.2, -0.15) is 13.2 Å². The van der Waals surface area contributed by atoms with Crippen LogP contribution in [0.5, 0.6) is 5.75 Å². The lowest BCUT2D eigenvalue weighted by Gasteiger charge is -2.37. The Hall–Kier alpha value is -1.52. The second-order valence-corrected chi connectivity index (χ2v) is 9.00. The lowest BCUT2D eigenvalue weighted by atomic mass is 9.68. The predicted octanol–water partition coefficient (Wildman–Crippen LogP) is 7.41. The number of hydrogen-bond acceptors (Lipinski definition) is 2. The molecule has 5 heteroatoms. The van der Waals surface area contributed by atoms with E-state index in [1.54, 1.807) is 0 Å². The summed E-state index contributed by atoms with van der Waals surface area (Å²) in [5.41, 5.74) is -0.739. The summed E-state index contributed by atoms with van der Waals surface area (Å²) in [4.78, 5) is 12.1. The summed E-state index contributed by atoms with van der Waals surface area (Å²) in [6, 6.07) is 4.30. The number of hydrogen-bond donors (Lipinski definition) is 0. The number of carbonyl (C=O) groups excluding carboxylic acids is 1. The first-order chi connectivity index (χ1) is 13.8. The summed E-state index contributed by atoms with van der Waals surface area (Å²) in [6.07, 6.45) is 8.61. The monoisotopic (exact) mass is 410 g/mol. The number of halogens is 3. The molecule has 2 nitrogen and oxygen atoms in total. The summed E-state index contributed by atoms with van der Waals surface area (Å²) in [5, 5.41) is 0. The number of ether oxygens (including phenoxy) is 1. The average Bonchev–Trinajstić information content (AvgIpc) is 2.72.